The first-order chi connectivity index (χ1) is 8.90. The van der Waals surface area contributed by atoms with Gasteiger partial charge in [-0.15, -0.1) is 0 Å². The highest BCUT2D eigenvalue weighted by Gasteiger charge is 2.35. The smallest absolute Gasteiger partial charge is 0.0593 e. The predicted molar refractivity (Wildman–Crippen MR) is 72.7 cm³/mol. The topological polar surface area (TPSA) is 24.5 Å². The van der Waals surface area contributed by atoms with Crippen LogP contribution in [0.3, 0.4) is 0 Å². The van der Waals surface area contributed by atoms with Crippen LogP contribution in [-0.4, -0.2) is 44.3 Å². The van der Waals surface area contributed by atoms with Gasteiger partial charge in [0.2, 0.25) is 0 Å². The Kier molecular flexibility index (Phi) is 3.64. The summed E-state index contributed by atoms with van der Waals surface area (Å²) in [4.78, 5) is 2.61. The third-order valence-corrected chi connectivity index (χ3v) is 4.24. The molecule has 3 rings (SSSR count). The second-order valence-electron chi connectivity index (χ2n) is 5.24. The Morgan fingerprint density at radius 2 is 2.11 bits per heavy atom. The number of fused-ring (bicyclic) bond motifs is 1. The summed E-state index contributed by atoms with van der Waals surface area (Å²) in [6.45, 7) is 4.03. The lowest BCUT2D eigenvalue weighted by Gasteiger charge is -2.31. The highest BCUT2D eigenvalue weighted by Crippen LogP contribution is 2.34. The van der Waals surface area contributed by atoms with E-state index in [1.807, 2.05) is 0 Å². The van der Waals surface area contributed by atoms with Gasteiger partial charge in [-0.25, -0.2) is 0 Å². The van der Waals surface area contributed by atoms with Crippen LogP contribution < -0.4 is 5.32 Å². The zero-order valence-electron chi connectivity index (χ0n) is 11.1. The molecule has 1 aromatic carbocycles. The van der Waals surface area contributed by atoms with Gasteiger partial charge in [-0.3, -0.25) is 4.90 Å². The molecule has 1 aliphatic carbocycles. The van der Waals surface area contributed by atoms with Crippen LogP contribution in [0.15, 0.2) is 24.3 Å². The third kappa shape index (κ3) is 2.18. The first-order valence-corrected chi connectivity index (χ1v) is 6.97. The molecule has 1 aromatic rings. The van der Waals surface area contributed by atoms with Crippen LogP contribution in [0.25, 0.3) is 0 Å². The maximum absolute atomic E-state index is 5.57. The van der Waals surface area contributed by atoms with Crippen LogP contribution in [0.5, 0.6) is 0 Å². The standard InChI is InChI=1S/C15H22N2O/c1-16-15-13-6-3-2-5-12(13)11-14(15)17-7-4-9-18-10-8-17/h2-3,5-6,14-16H,4,7-11H2,1H3. The first kappa shape index (κ1) is 12.2. The summed E-state index contributed by atoms with van der Waals surface area (Å²) in [5, 5.41) is 3.51. The van der Waals surface area contributed by atoms with Crippen molar-refractivity contribution >= 4 is 0 Å². The largest absolute Gasteiger partial charge is 0.380 e. The molecule has 0 amide bonds. The van der Waals surface area contributed by atoms with Crippen LogP contribution in [-0.2, 0) is 11.2 Å². The summed E-state index contributed by atoms with van der Waals surface area (Å²) in [6.07, 6.45) is 2.32. The number of ether oxygens (including phenoxy) is 1. The predicted octanol–water partition coefficient (Wildman–Crippen LogP) is 1.59. The van der Waals surface area contributed by atoms with Crippen molar-refractivity contribution in [3.8, 4) is 0 Å². The summed E-state index contributed by atoms with van der Waals surface area (Å²) >= 11 is 0. The molecule has 3 heteroatoms. The van der Waals surface area contributed by atoms with E-state index in [9.17, 15) is 0 Å². The minimum atomic E-state index is 0.472. The van der Waals surface area contributed by atoms with Gasteiger partial charge in [-0.1, -0.05) is 24.3 Å². The van der Waals surface area contributed by atoms with Crippen LogP contribution in [0.2, 0.25) is 0 Å². The highest BCUT2D eigenvalue weighted by molar-refractivity contribution is 5.37. The van der Waals surface area contributed by atoms with E-state index < -0.39 is 0 Å². The summed E-state index contributed by atoms with van der Waals surface area (Å²) < 4.78 is 5.57. The van der Waals surface area contributed by atoms with E-state index >= 15 is 0 Å². The van der Waals surface area contributed by atoms with Gasteiger partial charge < -0.3 is 10.1 Å². The van der Waals surface area contributed by atoms with Crippen LogP contribution in [0.1, 0.15) is 23.6 Å². The zero-order valence-corrected chi connectivity index (χ0v) is 11.1. The van der Waals surface area contributed by atoms with Gasteiger partial charge in [0.25, 0.3) is 0 Å². The van der Waals surface area contributed by atoms with Gasteiger partial charge in [0.05, 0.1) is 6.61 Å². The molecule has 1 fully saturated rings. The lowest BCUT2D eigenvalue weighted by atomic mass is 10.1. The second-order valence-corrected chi connectivity index (χ2v) is 5.24. The van der Waals surface area contributed by atoms with E-state index in [1.54, 1.807) is 0 Å². The van der Waals surface area contributed by atoms with E-state index in [-0.39, 0.29) is 0 Å². The Hall–Kier alpha value is -0.900. The molecule has 1 saturated heterocycles. The molecule has 98 valence electrons. The molecule has 2 unspecified atom stereocenters. The summed E-state index contributed by atoms with van der Waals surface area (Å²) in [6, 6.07) is 9.91. The number of likely N-dealkylation sites (N-methyl/N-ethyl adjacent to an activating group) is 1. The Balaban J connectivity index is 1.81. The molecule has 3 nitrogen and oxygen atoms in total. The summed E-state index contributed by atoms with van der Waals surface area (Å²) in [5.41, 5.74) is 2.99. The molecule has 1 heterocycles. The molecular formula is C15H22N2O. The maximum atomic E-state index is 5.57. The molecule has 0 aromatic heterocycles. The Morgan fingerprint density at radius 1 is 1.22 bits per heavy atom. The third-order valence-electron chi connectivity index (χ3n) is 4.24. The van der Waals surface area contributed by atoms with Gasteiger partial charge in [0.1, 0.15) is 0 Å². The lowest BCUT2D eigenvalue weighted by molar-refractivity contribution is 0.125. The molecule has 0 bridgehead atoms. The molecule has 0 saturated carbocycles. The second kappa shape index (κ2) is 5.39. The molecule has 2 aliphatic rings. The number of nitrogens with zero attached hydrogens (tertiary/aromatic N) is 1. The van der Waals surface area contributed by atoms with Crippen molar-refractivity contribution in [2.24, 2.45) is 0 Å². The van der Waals surface area contributed by atoms with Crippen molar-refractivity contribution in [2.45, 2.75) is 24.9 Å². The average Bonchev–Trinajstić information content (AvgIpc) is 2.59. The van der Waals surface area contributed by atoms with E-state index in [2.05, 4.69) is 41.5 Å². The Labute approximate surface area is 109 Å². The number of hydrogen-bond acceptors (Lipinski definition) is 3. The molecular weight excluding hydrogens is 224 g/mol. The average molecular weight is 246 g/mol. The van der Waals surface area contributed by atoms with Crippen LogP contribution >= 0.6 is 0 Å². The van der Waals surface area contributed by atoms with Gasteiger partial charge in [0, 0.05) is 31.8 Å². The van der Waals surface area contributed by atoms with Crippen molar-refractivity contribution < 1.29 is 4.74 Å². The van der Waals surface area contributed by atoms with Crippen molar-refractivity contribution in [3.05, 3.63) is 35.4 Å². The van der Waals surface area contributed by atoms with Gasteiger partial charge >= 0.3 is 0 Å². The number of rotatable bonds is 2. The minimum absolute atomic E-state index is 0.472. The maximum Gasteiger partial charge on any atom is 0.0593 e. The van der Waals surface area contributed by atoms with E-state index in [1.165, 1.54) is 17.5 Å². The molecule has 18 heavy (non-hydrogen) atoms. The molecule has 0 radical (unpaired) electrons. The van der Waals surface area contributed by atoms with Crippen molar-refractivity contribution in [1.29, 1.82) is 0 Å². The van der Waals surface area contributed by atoms with Gasteiger partial charge in [-0.2, -0.15) is 0 Å². The lowest BCUT2D eigenvalue weighted by Crippen LogP contribution is -2.43. The summed E-state index contributed by atoms with van der Waals surface area (Å²) in [5.74, 6) is 0. The fourth-order valence-electron chi connectivity index (χ4n) is 3.36. The van der Waals surface area contributed by atoms with Gasteiger partial charge in [0.15, 0.2) is 0 Å². The quantitative estimate of drug-likeness (QED) is 0.858. The fourth-order valence-corrected chi connectivity index (χ4v) is 3.36. The Bertz CT molecular complexity index is 399. The van der Waals surface area contributed by atoms with Crippen molar-refractivity contribution in [3.63, 3.8) is 0 Å². The molecule has 1 N–H and O–H groups in total. The van der Waals surface area contributed by atoms with Crippen LogP contribution in [0.4, 0.5) is 0 Å². The molecule has 1 aliphatic heterocycles. The minimum Gasteiger partial charge on any atom is -0.380 e. The monoisotopic (exact) mass is 246 g/mol. The Morgan fingerprint density at radius 3 is 3.00 bits per heavy atom. The molecule has 0 spiro atoms. The van der Waals surface area contributed by atoms with E-state index in [4.69, 9.17) is 4.74 Å². The number of benzene rings is 1. The van der Waals surface area contributed by atoms with Crippen molar-refractivity contribution in [1.82, 2.24) is 10.2 Å². The van der Waals surface area contributed by atoms with Gasteiger partial charge in [-0.05, 0) is 31.0 Å². The van der Waals surface area contributed by atoms with Crippen molar-refractivity contribution in [2.75, 3.05) is 33.4 Å². The fraction of sp³-hybridized carbons (Fsp3) is 0.600. The SMILES string of the molecule is CNC1c2ccccc2CC1N1CCCOCC1. The van der Waals surface area contributed by atoms with E-state index in [0.29, 0.717) is 12.1 Å². The zero-order chi connectivity index (χ0) is 12.4. The molecule has 2 atom stereocenters. The highest BCUT2D eigenvalue weighted by atomic mass is 16.5. The number of hydrogen-bond donors (Lipinski definition) is 1. The first-order valence-electron chi connectivity index (χ1n) is 6.97. The number of nitrogens with one attached hydrogen (secondary N) is 1. The van der Waals surface area contributed by atoms with Crippen LogP contribution in [0, 0.1) is 0 Å². The van der Waals surface area contributed by atoms with E-state index in [0.717, 1.165) is 32.7 Å². The summed E-state index contributed by atoms with van der Waals surface area (Å²) in [7, 11) is 2.08. The normalized spacial score (nSPS) is 28.9.